The predicted octanol–water partition coefficient (Wildman–Crippen LogP) is 1.74. The normalized spacial score (nSPS) is 23.9. The molecule has 1 aliphatic rings. The summed E-state index contributed by atoms with van der Waals surface area (Å²) in [5.41, 5.74) is 5.28. The van der Waals surface area contributed by atoms with E-state index in [1.807, 2.05) is 0 Å². The van der Waals surface area contributed by atoms with Crippen LogP contribution in [0.3, 0.4) is 0 Å². The fourth-order valence-electron chi connectivity index (χ4n) is 2.32. The van der Waals surface area contributed by atoms with E-state index in [4.69, 9.17) is 28.9 Å². The van der Waals surface area contributed by atoms with Gasteiger partial charge in [-0.1, -0.05) is 30.1 Å². The number of amides is 1. The molecule has 1 fully saturated rings. The van der Waals surface area contributed by atoms with E-state index in [0.717, 1.165) is 0 Å². The van der Waals surface area contributed by atoms with E-state index in [9.17, 15) is 13.2 Å². The van der Waals surface area contributed by atoms with Gasteiger partial charge in [-0.3, -0.25) is 4.79 Å². The number of rotatable bonds is 3. The molecule has 8 heteroatoms. The summed E-state index contributed by atoms with van der Waals surface area (Å²) in [6, 6.07) is 4.14. The van der Waals surface area contributed by atoms with Crippen molar-refractivity contribution in [3.05, 3.63) is 28.2 Å². The molecule has 1 aromatic carbocycles. The minimum absolute atomic E-state index is 0.0207. The van der Waals surface area contributed by atoms with E-state index in [2.05, 4.69) is 0 Å². The van der Waals surface area contributed by atoms with E-state index in [1.165, 1.54) is 22.5 Å². The van der Waals surface area contributed by atoms with Crippen molar-refractivity contribution < 1.29 is 13.2 Å². The van der Waals surface area contributed by atoms with E-state index in [1.54, 1.807) is 6.92 Å². The van der Waals surface area contributed by atoms with Crippen LogP contribution in [0.1, 0.15) is 6.92 Å². The smallest absolute Gasteiger partial charge is 0.243 e. The number of benzene rings is 1. The van der Waals surface area contributed by atoms with Gasteiger partial charge < -0.3 is 5.73 Å². The number of hydrogen-bond donors (Lipinski definition) is 1. The zero-order chi connectivity index (χ0) is 15.1. The standard InChI is InChI=1S/C12H14Cl2N2O3S/c1-7-5-16(6-11(7)12(15)17)20(18,19)10-3-8(13)2-9(14)4-10/h2-4,7,11H,5-6H2,1H3,(H2,15,17)/t7-,11-/m1/s1. The fraction of sp³-hybridized carbons (Fsp3) is 0.417. The molecule has 0 radical (unpaired) electrons. The van der Waals surface area contributed by atoms with Crippen LogP contribution >= 0.6 is 23.2 Å². The highest BCUT2D eigenvalue weighted by atomic mass is 35.5. The van der Waals surface area contributed by atoms with Crippen LogP contribution in [0.4, 0.5) is 0 Å². The van der Waals surface area contributed by atoms with Crippen LogP contribution in [0, 0.1) is 11.8 Å². The molecule has 1 heterocycles. The van der Waals surface area contributed by atoms with Gasteiger partial charge in [-0.25, -0.2) is 8.42 Å². The Labute approximate surface area is 127 Å². The van der Waals surface area contributed by atoms with Crippen LogP contribution in [0.25, 0.3) is 0 Å². The van der Waals surface area contributed by atoms with Crippen molar-refractivity contribution in [2.75, 3.05) is 13.1 Å². The van der Waals surface area contributed by atoms with E-state index in [0.29, 0.717) is 0 Å². The van der Waals surface area contributed by atoms with Crippen LogP contribution in [0.5, 0.6) is 0 Å². The third-order valence-corrected chi connectivity index (χ3v) is 5.66. The van der Waals surface area contributed by atoms with Gasteiger partial charge in [-0.05, 0) is 24.1 Å². The summed E-state index contributed by atoms with van der Waals surface area (Å²) >= 11 is 11.7. The third-order valence-electron chi connectivity index (χ3n) is 3.42. The summed E-state index contributed by atoms with van der Waals surface area (Å²) in [5.74, 6) is -1.07. The molecule has 0 unspecified atom stereocenters. The number of carbonyl (C=O) groups excluding carboxylic acids is 1. The molecule has 0 aromatic heterocycles. The minimum atomic E-state index is -3.73. The molecule has 1 amide bonds. The Hall–Kier alpha value is -0.820. The highest BCUT2D eigenvalue weighted by Gasteiger charge is 2.39. The lowest BCUT2D eigenvalue weighted by Crippen LogP contribution is -2.32. The molecule has 1 saturated heterocycles. The van der Waals surface area contributed by atoms with Crippen LogP contribution in [0.15, 0.2) is 23.1 Å². The van der Waals surface area contributed by atoms with Gasteiger partial charge in [0.15, 0.2) is 0 Å². The molecule has 0 aliphatic carbocycles. The van der Waals surface area contributed by atoms with Crippen molar-refractivity contribution in [2.24, 2.45) is 17.6 Å². The van der Waals surface area contributed by atoms with Crippen LogP contribution in [-0.2, 0) is 14.8 Å². The SMILES string of the molecule is C[C@@H]1CN(S(=O)(=O)c2cc(Cl)cc(Cl)c2)C[C@H]1C(N)=O. The molecule has 1 aromatic rings. The molecule has 0 bridgehead atoms. The molecule has 110 valence electrons. The number of nitrogens with zero attached hydrogens (tertiary/aromatic N) is 1. The lowest BCUT2D eigenvalue weighted by Gasteiger charge is -2.16. The zero-order valence-electron chi connectivity index (χ0n) is 10.7. The molecule has 20 heavy (non-hydrogen) atoms. The number of halogens is 2. The van der Waals surface area contributed by atoms with Crippen molar-refractivity contribution in [1.82, 2.24) is 4.31 Å². The number of nitrogens with two attached hydrogens (primary N) is 1. The van der Waals surface area contributed by atoms with Crippen molar-refractivity contribution in [3.8, 4) is 0 Å². The van der Waals surface area contributed by atoms with E-state index < -0.39 is 21.8 Å². The molecule has 0 saturated carbocycles. The molecule has 2 N–H and O–H groups in total. The average Bonchev–Trinajstić information content (AvgIpc) is 2.70. The first-order valence-corrected chi connectivity index (χ1v) is 8.17. The van der Waals surface area contributed by atoms with Gasteiger partial charge in [-0.2, -0.15) is 4.31 Å². The second kappa shape index (κ2) is 5.52. The van der Waals surface area contributed by atoms with Gasteiger partial charge >= 0.3 is 0 Å². The van der Waals surface area contributed by atoms with Gasteiger partial charge in [0, 0.05) is 23.1 Å². The van der Waals surface area contributed by atoms with Crippen LogP contribution < -0.4 is 5.73 Å². The van der Waals surface area contributed by atoms with Crippen molar-refractivity contribution in [1.29, 1.82) is 0 Å². The van der Waals surface area contributed by atoms with Gasteiger partial charge in [0.05, 0.1) is 10.8 Å². The molecule has 5 nitrogen and oxygen atoms in total. The number of hydrogen-bond acceptors (Lipinski definition) is 3. The minimum Gasteiger partial charge on any atom is -0.369 e. The number of sulfonamides is 1. The second-order valence-corrected chi connectivity index (χ2v) is 7.72. The lowest BCUT2D eigenvalue weighted by molar-refractivity contribution is -0.122. The van der Waals surface area contributed by atoms with Crippen LogP contribution in [-0.4, -0.2) is 31.7 Å². The first-order valence-electron chi connectivity index (χ1n) is 5.97. The summed E-state index contributed by atoms with van der Waals surface area (Å²) in [5, 5.41) is 0.490. The summed E-state index contributed by atoms with van der Waals surface area (Å²) < 4.78 is 26.3. The third kappa shape index (κ3) is 2.93. The maximum absolute atomic E-state index is 12.5. The Kier molecular flexibility index (Phi) is 4.30. The fourth-order valence-corrected chi connectivity index (χ4v) is 4.61. The molecule has 2 rings (SSSR count). The Balaban J connectivity index is 2.34. The predicted molar refractivity (Wildman–Crippen MR) is 77.1 cm³/mol. The average molecular weight is 337 g/mol. The Morgan fingerprint density at radius 1 is 1.25 bits per heavy atom. The molecular weight excluding hydrogens is 323 g/mol. The summed E-state index contributed by atoms with van der Waals surface area (Å²) in [6.07, 6.45) is 0. The molecule has 1 aliphatic heterocycles. The first kappa shape index (κ1) is 15.6. The van der Waals surface area contributed by atoms with E-state index in [-0.39, 0.29) is 33.9 Å². The van der Waals surface area contributed by atoms with Crippen LogP contribution in [0.2, 0.25) is 10.0 Å². The monoisotopic (exact) mass is 336 g/mol. The lowest BCUT2D eigenvalue weighted by atomic mass is 9.98. The summed E-state index contributed by atoms with van der Waals surface area (Å²) in [7, 11) is -3.73. The first-order chi connectivity index (χ1) is 9.21. The largest absolute Gasteiger partial charge is 0.369 e. The van der Waals surface area contributed by atoms with Gasteiger partial charge in [0.1, 0.15) is 0 Å². The Bertz CT molecular complexity index is 628. The topological polar surface area (TPSA) is 80.5 Å². The van der Waals surface area contributed by atoms with Gasteiger partial charge in [0.2, 0.25) is 15.9 Å². The van der Waals surface area contributed by atoms with Gasteiger partial charge in [0.25, 0.3) is 0 Å². The Morgan fingerprint density at radius 3 is 2.25 bits per heavy atom. The molecule has 2 atom stereocenters. The Morgan fingerprint density at radius 2 is 1.80 bits per heavy atom. The summed E-state index contributed by atoms with van der Waals surface area (Å²) in [6.45, 7) is 2.14. The van der Waals surface area contributed by atoms with Crippen molar-refractivity contribution in [2.45, 2.75) is 11.8 Å². The zero-order valence-corrected chi connectivity index (χ0v) is 13.0. The molecular formula is C12H14Cl2N2O3S. The molecule has 0 spiro atoms. The number of carbonyl (C=O) groups is 1. The quantitative estimate of drug-likeness (QED) is 0.912. The van der Waals surface area contributed by atoms with Crippen molar-refractivity contribution in [3.63, 3.8) is 0 Å². The number of primary amides is 1. The maximum Gasteiger partial charge on any atom is 0.243 e. The highest BCUT2D eigenvalue weighted by molar-refractivity contribution is 7.89. The van der Waals surface area contributed by atoms with E-state index >= 15 is 0 Å². The van der Waals surface area contributed by atoms with Crippen molar-refractivity contribution >= 4 is 39.1 Å². The summed E-state index contributed by atoms with van der Waals surface area (Å²) in [4.78, 5) is 11.3. The second-order valence-electron chi connectivity index (χ2n) is 4.91. The highest BCUT2D eigenvalue weighted by Crippen LogP contribution is 2.30. The van der Waals surface area contributed by atoms with Gasteiger partial charge in [-0.15, -0.1) is 0 Å². The maximum atomic E-state index is 12.5.